The number of benzene rings is 1. The molecule has 134 valence electrons. The summed E-state index contributed by atoms with van der Waals surface area (Å²) in [6.45, 7) is 8.66. The van der Waals surface area contributed by atoms with E-state index in [4.69, 9.17) is 0 Å². The fraction of sp³-hybridized carbons (Fsp3) is 0.571. The van der Waals surface area contributed by atoms with Gasteiger partial charge in [0.25, 0.3) is 0 Å². The summed E-state index contributed by atoms with van der Waals surface area (Å²) in [6.07, 6.45) is 6.55. The van der Waals surface area contributed by atoms with Crippen LogP contribution in [0.5, 0.6) is 0 Å². The summed E-state index contributed by atoms with van der Waals surface area (Å²) in [7, 11) is 0. The first-order valence-corrected chi connectivity index (χ1v) is 9.81. The van der Waals surface area contributed by atoms with Gasteiger partial charge in [-0.15, -0.1) is 0 Å². The van der Waals surface area contributed by atoms with Gasteiger partial charge in [0.15, 0.2) is 0 Å². The average molecular weight is 339 g/mol. The molecule has 2 saturated heterocycles. The van der Waals surface area contributed by atoms with Crippen LogP contribution in [0.15, 0.2) is 30.5 Å². The summed E-state index contributed by atoms with van der Waals surface area (Å²) in [5, 5.41) is 1.23. The molecule has 2 aliphatic heterocycles. The molecule has 4 heteroatoms. The Bertz CT molecular complexity index is 745. The van der Waals surface area contributed by atoms with Crippen LogP contribution in [0.25, 0.3) is 10.9 Å². The number of nitrogens with zero attached hydrogens (tertiary/aromatic N) is 3. The number of para-hydroxylation sites is 1. The highest BCUT2D eigenvalue weighted by molar-refractivity contribution is 5.89. The van der Waals surface area contributed by atoms with E-state index in [2.05, 4.69) is 51.8 Å². The van der Waals surface area contributed by atoms with Gasteiger partial charge in [-0.25, -0.2) is 0 Å². The van der Waals surface area contributed by atoms with E-state index in [1.54, 1.807) is 0 Å². The Morgan fingerprint density at radius 1 is 1.16 bits per heavy atom. The highest BCUT2D eigenvalue weighted by atomic mass is 16.2. The summed E-state index contributed by atoms with van der Waals surface area (Å²) >= 11 is 0. The molecule has 1 amide bonds. The van der Waals surface area contributed by atoms with Gasteiger partial charge in [-0.05, 0) is 56.8 Å². The van der Waals surface area contributed by atoms with Gasteiger partial charge in [-0.3, -0.25) is 4.79 Å². The van der Waals surface area contributed by atoms with Crippen molar-refractivity contribution in [3.63, 3.8) is 0 Å². The van der Waals surface area contributed by atoms with Gasteiger partial charge in [0.2, 0.25) is 5.91 Å². The maximum Gasteiger partial charge on any atom is 0.227 e. The molecule has 2 aromatic rings. The Hall–Kier alpha value is -1.81. The van der Waals surface area contributed by atoms with Crippen LogP contribution < -0.4 is 0 Å². The van der Waals surface area contributed by atoms with E-state index >= 15 is 0 Å². The molecule has 1 aromatic heterocycles. The number of fused-ring (bicyclic) bond motifs is 1. The summed E-state index contributed by atoms with van der Waals surface area (Å²) in [5.74, 6) is 0.960. The molecule has 3 heterocycles. The van der Waals surface area contributed by atoms with Crippen LogP contribution in [0.2, 0.25) is 0 Å². The number of aromatic nitrogens is 1. The summed E-state index contributed by atoms with van der Waals surface area (Å²) < 4.78 is 2.25. The summed E-state index contributed by atoms with van der Waals surface area (Å²) in [4.78, 5) is 17.5. The Kier molecular flexibility index (Phi) is 4.80. The number of carbonyl (C=O) groups excluding carboxylic acids is 1. The van der Waals surface area contributed by atoms with Gasteiger partial charge in [-0.1, -0.05) is 18.2 Å². The quantitative estimate of drug-likeness (QED) is 0.837. The number of likely N-dealkylation sites (tertiary alicyclic amines) is 2. The van der Waals surface area contributed by atoms with Crippen molar-refractivity contribution in [3.05, 3.63) is 36.0 Å². The van der Waals surface area contributed by atoms with E-state index < -0.39 is 0 Å². The van der Waals surface area contributed by atoms with Crippen molar-refractivity contribution in [2.24, 2.45) is 5.92 Å². The highest BCUT2D eigenvalue weighted by Gasteiger charge is 2.28. The maximum absolute atomic E-state index is 12.8. The Morgan fingerprint density at radius 3 is 2.76 bits per heavy atom. The third-order valence-corrected chi connectivity index (χ3v) is 5.91. The molecule has 4 rings (SSSR count). The smallest absolute Gasteiger partial charge is 0.227 e. The lowest BCUT2D eigenvalue weighted by atomic mass is 10.1. The highest BCUT2D eigenvalue weighted by Crippen LogP contribution is 2.24. The van der Waals surface area contributed by atoms with Crippen LogP contribution in [-0.4, -0.2) is 53.0 Å². The van der Waals surface area contributed by atoms with E-state index in [1.165, 1.54) is 55.4 Å². The minimum absolute atomic E-state index is 0.294. The molecule has 1 aromatic carbocycles. The second-order valence-electron chi connectivity index (χ2n) is 7.64. The van der Waals surface area contributed by atoms with Gasteiger partial charge >= 0.3 is 0 Å². The number of amides is 1. The topological polar surface area (TPSA) is 28.5 Å². The zero-order valence-corrected chi connectivity index (χ0v) is 15.3. The van der Waals surface area contributed by atoms with Crippen LogP contribution in [0, 0.1) is 5.92 Å². The monoisotopic (exact) mass is 339 g/mol. The largest absolute Gasteiger partial charge is 0.347 e. The zero-order valence-electron chi connectivity index (χ0n) is 15.3. The van der Waals surface area contributed by atoms with E-state index in [9.17, 15) is 4.79 Å². The molecular weight excluding hydrogens is 310 g/mol. The minimum atomic E-state index is 0.294. The molecule has 0 N–H and O–H groups in total. The zero-order chi connectivity index (χ0) is 17.2. The predicted octanol–water partition coefficient (Wildman–Crippen LogP) is 3.15. The molecule has 0 bridgehead atoms. The van der Waals surface area contributed by atoms with Crippen molar-refractivity contribution in [1.29, 1.82) is 0 Å². The third-order valence-electron chi connectivity index (χ3n) is 5.91. The van der Waals surface area contributed by atoms with Gasteiger partial charge < -0.3 is 14.4 Å². The van der Waals surface area contributed by atoms with Gasteiger partial charge in [0, 0.05) is 43.3 Å². The van der Waals surface area contributed by atoms with Crippen molar-refractivity contribution in [3.8, 4) is 0 Å². The van der Waals surface area contributed by atoms with Crippen LogP contribution in [-0.2, 0) is 17.8 Å². The molecule has 4 nitrogen and oxygen atoms in total. The van der Waals surface area contributed by atoms with Crippen LogP contribution in [0.3, 0.4) is 0 Å². The number of hydrogen-bond acceptors (Lipinski definition) is 2. The van der Waals surface area contributed by atoms with Crippen molar-refractivity contribution >= 4 is 16.8 Å². The van der Waals surface area contributed by atoms with Crippen LogP contribution >= 0.6 is 0 Å². The normalized spacial score (nSPS) is 21.5. The van der Waals surface area contributed by atoms with E-state index in [0.717, 1.165) is 19.6 Å². The molecular formula is C21H29N3O. The molecule has 25 heavy (non-hydrogen) atoms. The SMILES string of the molecule is CCn1cc(CC(=O)N2CCC(CN3CCCC3)C2)c2ccccc21. The van der Waals surface area contributed by atoms with Crippen molar-refractivity contribution < 1.29 is 4.79 Å². The number of aryl methyl sites for hydroxylation is 1. The van der Waals surface area contributed by atoms with E-state index in [0.29, 0.717) is 18.2 Å². The number of hydrogen-bond donors (Lipinski definition) is 0. The maximum atomic E-state index is 12.8. The minimum Gasteiger partial charge on any atom is -0.347 e. The molecule has 2 aliphatic rings. The van der Waals surface area contributed by atoms with E-state index in [1.807, 2.05) is 0 Å². The molecule has 1 atom stereocenters. The fourth-order valence-corrected chi connectivity index (χ4v) is 4.54. The van der Waals surface area contributed by atoms with Gasteiger partial charge in [0.1, 0.15) is 0 Å². The summed E-state index contributed by atoms with van der Waals surface area (Å²) in [5.41, 5.74) is 2.41. The Balaban J connectivity index is 1.41. The average Bonchev–Trinajstić information content (AvgIpc) is 3.36. The van der Waals surface area contributed by atoms with Crippen LogP contribution in [0.1, 0.15) is 31.7 Å². The lowest BCUT2D eigenvalue weighted by Gasteiger charge is -2.20. The first kappa shape index (κ1) is 16.6. The van der Waals surface area contributed by atoms with Crippen molar-refractivity contribution in [2.45, 2.75) is 39.2 Å². The van der Waals surface area contributed by atoms with Crippen LogP contribution in [0.4, 0.5) is 0 Å². The number of rotatable bonds is 5. The lowest BCUT2D eigenvalue weighted by Crippen LogP contribution is -2.32. The molecule has 2 fully saturated rings. The lowest BCUT2D eigenvalue weighted by molar-refractivity contribution is -0.129. The number of carbonyl (C=O) groups is 1. The second kappa shape index (κ2) is 7.20. The molecule has 1 unspecified atom stereocenters. The standard InChI is InChI=1S/C21H29N3O/c1-2-23-16-18(19-7-3-4-8-20(19)23)13-21(25)24-12-9-17(15-24)14-22-10-5-6-11-22/h3-4,7-8,16-17H,2,5-6,9-15H2,1H3. The Morgan fingerprint density at radius 2 is 1.96 bits per heavy atom. The Labute approximate surface area is 150 Å². The predicted molar refractivity (Wildman–Crippen MR) is 102 cm³/mol. The second-order valence-corrected chi connectivity index (χ2v) is 7.64. The first-order chi connectivity index (χ1) is 12.2. The molecule has 0 saturated carbocycles. The summed E-state index contributed by atoms with van der Waals surface area (Å²) in [6, 6.07) is 8.43. The molecule has 0 aliphatic carbocycles. The van der Waals surface area contributed by atoms with E-state index in [-0.39, 0.29) is 0 Å². The first-order valence-electron chi connectivity index (χ1n) is 9.81. The van der Waals surface area contributed by atoms with Gasteiger partial charge in [-0.2, -0.15) is 0 Å². The van der Waals surface area contributed by atoms with Crippen molar-refractivity contribution in [1.82, 2.24) is 14.4 Å². The van der Waals surface area contributed by atoms with Crippen molar-refractivity contribution in [2.75, 3.05) is 32.7 Å². The van der Waals surface area contributed by atoms with Gasteiger partial charge in [0.05, 0.1) is 6.42 Å². The molecule has 0 radical (unpaired) electrons. The molecule has 0 spiro atoms. The third kappa shape index (κ3) is 3.45. The fourth-order valence-electron chi connectivity index (χ4n) is 4.54.